The van der Waals surface area contributed by atoms with Crippen LogP contribution in [-0.2, 0) is 11.2 Å². The number of nitrogens with two attached hydrogens (primary N) is 1. The monoisotopic (exact) mass is 448 g/mol. The van der Waals surface area contributed by atoms with Crippen LogP contribution in [0.5, 0.6) is 0 Å². The summed E-state index contributed by atoms with van der Waals surface area (Å²) in [5.41, 5.74) is 6.75. The highest BCUT2D eigenvalue weighted by Crippen LogP contribution is 2.32. The Balaban J connectivity index is 2.20. The van der Waals surface area contributed by atoms with E-state index in [1.54, 1.807) is 12.1 Å². The molecule has 0 unspecified atom stereocenters. The molecular weight excluding hydrogens is 427 g/mol. The number of primary amides is 1. The topological polar surface area (TPSA) is 117 Å². The highest BCUT2D eigenvalue weighted by molar-refractivity contribution is 6.38. The molecule has 0 radical (unpaired) electrons. The Morgan fingerprint density at radius 1 is 1.13 bits per heavy atom. The van der Waals surface area contributed by atoms with Crippen LogP contribution < -0.4 is 11.1 Å². The van der Waals surface area contributed by atoms with E-state index in [1.165, 1.54) is 24.6 Å². The zero-order valence-electron chi connectivity index (χ0n) is 16.6. The molecule has 0 saturated carbocycles. The maximum Gasteiger partial charge on any atom is 0.279 e. The van der Waals surface area contributed by atoms with Crippen molar-refractivity contribution in [3.8, 4) is 0 Å². The molecule has 2 amide bonds. The fourth-order valence-electron chi connectivity index (χ4n) is 2.51. The summed E-state index contributed by atoms with van der Waals surface area (Å²) in [6.07, 6.45) is 3.16. The molecule has 0 aromatic heterocycles. The number of allylic oxidation sites excluding steroid dienone is 1. The van der Waals surface area contributed by atoms with Gasteiger partial charge in [-0.3, -0.25) is 9.59 Å². The van der Waals surface area contributed by atoms with Crippen molar-refractivity contribution in [1.29, 1.82) is 0 Å². The summed E-state index contributed by atoms with van der Waals surface area (Å²) >= 11 is 12.0. The van der Waals surface area contributed by atoms with E-state index in [-0.39, 0.29) is 32.8 Å². The summed E-state index contributed by atoms with van der Waals surface area (Å²) in [4.78, 5) is 24.0. The van der Waals surface area contributed by atoms with Crippen molar-refractivity contribution in [3.05, 3.63) is 69.0 Å². The van der Waals surface area contributed by atoms with E-state index < -0.39 is 11.8 Å². The van der Waals surface area contributed by atoms with Crippen LogP contribution in [0.1, 0.15) is 42.6 Å². The fourth-order valence-corrected chi connectivity index (χ4v) is 3.03. The second kappa shape index (κ2) is 10.8. The Bertz CT molecular complexity index is 998. The molecule has 2 aromatic carbocycles. The zero-order chi connectivity index (χ0) is 22.3. The van der Waals surface area contributed by atoms with Crippen LogP contribution in [0.2, 0.25) is 10.0 Å². The van der Waals surface area contributed by atoms with E-state index in [9.17, 15) is 14.7 Å². The number of nitrogens with zero attached hydrogens (tertiary/aromatic N) is 2. The van der Waals surface area contributed by atoms with Crippen molar-refractivity contribution in [1.82, 2.24) is 0 Å². The van der Waals surface area contributed by atoms with E-state index in [1.807, 2.05) is 12.1 Å². The van der Waals surface area contributed by atoms with E-state index in [0.29, 0.717) is 5.69 Å². The lowest BCUT2D eigenvalue weighted by molar-refractivity contribution is -0.113. The van der Waals surface area contributed by atoms with Gasteiger partial charge in [0.25, 0.3) is 5.91 Å². The number of unbranched alkanes of at least 4 members (excludes halogenated alkanes) is 1. The number of carbonyl (C=O) groups is 2. The third-order valence-corrected chi connectivity index (χ3v) is 4.76. The second-order valence-corrected chi connectivity index (χ2v) is 7.35. The average Bonchev–Trinajstić information content (AvgIpc) is 2.68. The van der Waals surface area contributed by atoms with Crippen LogP contribution in [-0.4, -0.2) is 16.9 Å². The van der Waals surface area contributed by atoms with Gasteiger partial charge in [-0.25, -0.2) is 0 Å². The van der Waals surface area contributed by atoms with Crippen molar-refractivity contribution in [2.45, 2.75) is 33.1 Å². The van der Waals surface area contributed by atoms with E-state index in [2.05, 4.69) is 22.5 Å². The van der Waals surface area contributed by atoms with E-state index in [4.69, 9.17) is 28.9 Å². The normalized spacial score (nSPS) is 12.0. The molecule has 0 heterocycles. The first-order chi connectivity index (χ1) is 14.2. The van der Waals surface area contributed by atoms with Gasteiger partial charge in [0.05, 0.1) is 15.6 Å². The summed E-state index contributed by atoms with van der Waals surface area (Å²) in [5, 5.41) is 20.4. The average molecular weight is 449 g/mol. The Hall–Kier alpha value is -2.90. The first-order valence-corrected chi connectivity index (χ1v) is 9.99. The molecule has 0 bridgehead atoms. The van der Waals surface area contributed by atoms with Crippen molar-refractivity contribution in [2.75, 3.05) is 5.32 Å². The lowest BCUT2D eigenvalue weighted by atomic mass is 10.1. The van der Waals surface area contributed by atoms with Crippen molar-refractivity contribution in [3.63, 3.8) is 0 Å². The van der Waals surface area contributed by atoms with E-state index >= 15 is 0 Å². The standard InChI is InChI=1S/C21H22Cl2N4O3/c1-3-4-5-13-6-8-14(9-7-13)25-21(30)19(12(2)28)27-26-18-10-15(20(24)29)16(22)11-17(18)23/h6-11,28H,3-5H2,1-2H3,(H2,24,29)(H,25,30)/b19-12-,27-26?. The number of anilines is 1. The number of nitrogens with one attached hydrogen (secondary N) is 1. The predicted molar refractivity (Wildman–Crippen MR) is 119 cm³/mol. The summed E-state index contributed by atoms with van der Waals surface area (Å²) in [5.74, 6) is -1.75. The predicted octanol–water partition coefficient (Wildman–Crippen LogP) is 5.95. The SMILES string of the molecule is CCCCc1ccc(NC(=O)/C(N=Nc2cc(C(N)=O)c(Cl)cc2Cl)=C(\C)O)cc1. The van der Waals surface area contributed by atoms with Crippen LogP contribution in [0, 0.1) is 0 Å². The number of carbonyl (C=O) groups excluding carboxylic acids is 2. The van der Waals surface area contributed by atoms with Crippen LogP contribution in [0.3, 0.4) is 0 Å². The first-order valence-electron chi connectivity index (χ1n) is 9.23. The van der Waals surface area contributed by atoms with Crippen LogP contribution in [0.4, 0.5) is 11.4 Å². The molecule has 0 saturated heterocycles. The number of hydrogen-bond acceptors (Lipinski definition) is 5. The molecule has 0 fully saturated rings. The number of amides is 2. The van der Waals surface area contributed by atoms with E-state index in [0.717, 1.165) is 19.3 Å². The number of aliphatic hydroxyl groups excluding tert-OH is 1. The summed E-state index contributed by atoms with van der Waals surface area (Å²) in [6.45, 7) is 3.43. The Morgan fingerprint density at radius 2 is 1.80 bits per heavy atom. The molecule has 158 valence electrons. The minimum atomic E-state index is -0.762. The van der Waals surface area contributed by atoms with Crippen molar-refractivity contribution < 1.29 is 14.7 Å². The van der Waals surface area contributed by atoms with Gasteiger partial charge in [0, 0.05) is 5.69 Å². The number of benzene rings is 2. The highest BCUT2D eigenvalue weighted by atomic mass is 35.5. The zero-order valence-corrected chi connectivity index (χ0v) is 18.1. The van der Waals surface area contributed by atoms with Crippen molar-refractivity contribution in [2.24, 2.45) is 16.0 Å². The molecule has 0 spiro atoms. The molecule has 0 atom stereocenters. The van der Waals surface area contributed by atoms with Gasteiger partial charge in [0.2, 0.25) is 5.91 Å². The molecule has 0 aliphatic heterocycles. The third-order valence-electron chi connectivity index (χ3n) is 4.15. The van der Waals surface area contributed by atoms with Crippen LogP contribution >= 0.6 is 23.2 Å². The lowest BCUT2D eigenvalue weighted by Crippen LogP contribution is -2.14. The molecule has 2 aromatic rings. The Labute approximate surface area is 184 Å². The maximum atomic E-state index is 12.5. The maximum absolute atomic E-state index is 12.5. The first kappa shape index (κ1) is 23.4. The highest BCUT2D eigenvalue weighted by Gasteiger charge is 2.15. The number of halogens is 2. The minimum absolute atomic E-state index is 0.00822. The van der Waals surface area contributed by atoms with Crippen LogP contribution in [0.15, 0.2) is 58.1 Å². The molecule has 0 aliphatic rings. The molecule has 4 N–H and O–H groups in total. The second-order valence-electron chi connectivity index (χ2n) is 6.54. The third kappa shape index (κ3) is 6.30. The van der Waals surface area contributed by atoms with Gasteiger partial charge in [0.1, 0.15) is 11.4 Å². The molecule has 30 heavy (non-hydrogen) atoms. The quantitative estimate of drug-likeness (QED) is 0.263. The van der Waals surface area contributed by atoms with Gasteiger partial charge >= 0.3 is 0 Å². The molecule has 9 heteroatoms. The molecule has 0 aliphatic carbocycles. The summed E-state index contributed by atoms with van der Waals surface area (Å²) in [6, 6.07) is 9.97. The number of aliphatic hydroxyl groups is 1. The smallest absolute Gasteiger partial charge is 0.279 e. The van der Waals surface area contributed by atoms with Gasteiger partial charge in [0.15, 0.2) is 5.70 Å². The Kier molecular flexibility index (Phi) is 8.38. The molecule has 2 rings (SSSR count). The van der Waals surface area contributed by atoms with Gasteiger partial charge in [-0.2, -0.15) is 0 Å². The van der Waals surface area contributed by atoms with Gasteiger partial charge < -0.3 is 16.2 Å². The molecule has 7 nitrogen and oxygen atoms in total. The number of rotatable bonds is 8. The summed E-state index contributed by atoms with van der Waals surface area (Å²) < 4.78 is 0. The van der Waals surface area contributed by atoms with Gasteiger partial charge in [-0.1, -0.05) is 48.7 Å². The number of azo groups is 1. The number of aryl methyl sites for hydroxylation is 1. The van der Waals surface area contributed by atoms with Crippen LogP contribution in [0.25, 0.3) is 0 Å². The fraction of sp³-hybridized carbons (Fsp3) is 0.238. The lowest BCUT2D eigenvalue weighted by Gasteiger charge is -2.08. The number of hydrogen-bond donors (Lipinski definition) is 3. The van der Waals surface area contributed by atoms with Gasteiger partial charge in [-0.05, 0) is 49.6 Å². The minimum Gasteiger partial charge on any atom is -0.510 e. The Morgan fingerprint density at radius 3 is 2.37 bits per heavy atom. The van der Waals surface area contributed by atoms with Crippen molar-refractivity contribution >= 4 is 46.4 Å². The largest absolute Gasteiger partial charge is 0.510 e. The molecular formula is C21H22Cl2N4O3. The van der Waals surface area contributed by atoms with Gasteiger partial charge in [-0.15, -0.1) is 10.2 Å². The summed E-state index contributed by atoms with van der Waals surface area (Å²) in [7, 11) is 0.